The third kappa shape index (κ3) is 46.7. The summed E-state index contributed by atoms with van der Waals surface area (Å²) < 4.78 is 23.6. The van der Waals surface area contributed by atoms with Crippen molar-refractivity contribution in [2.75, 3.05) is 40.9 Å². The summed E-state index contributed by atoms with van der Waals surface area (Å²) >= 11 is 0. The zero-order valence-electron chi connectivity index (χ0n) is 41.6. The van der Waals surface area contributed by atoms with Crippen molar-refractivity contribution in [3.8, 4) is 0 Å². The number of unbranched alkanes of at least 4 members (excludes halogenated alkanes) is 31. The van der Waals surface area contributed by atoms with Crippen LogP contribution in [0.2, 0.25) is 0 Å². The highest BCUT2D eigenvalue weighted by Gasteiger charge is 2.27. The number of aliphatic hydroxyl groups excluding tert-OH is 1. The molecule has 0 aromatic rings. The van der Waals surface area contributed by atoms with E-state index in [1.54, 1.807) is 6.08 Å². The fourth-order valence-electron chi connectivity index (χ4n) is 7.66. The Morgan fingerprint density at radius 3 is 1.29 bits per heavy atom. The minimum absolute atomic E-state index is 0.0548. The molecule has 0 saturated carbocycles. The average molecular weight is 896 g/mol. The van der Waals surface area contributed by atoms with Crippen LogP contribution in [0.5, 0.6) is 0 Å². The van der Waals surface area contributed by atoms with E-state index in [0.717, 1.165) is 44.9 Å². The van der Waals surface area contributed by atoms with Gasteiger partial charge in [-0.1, -0.05) is 230 Å². The number of hydrogen-bond acceptors (Lipinski definition) is 5. The van der Waals surface area contributed by atoms with Crippen LogP contribution < -0.4 is 5.32 Å². The van der Waals surface area contributed by atoms with Gasteiger partial charge in [-0.15, -0.1) is 0 Å². The van der Waals surface area contributed by atoms with E-state index in [4.69, 9.17) is 9.05 Å². The van der Waals surface area contributed by atoms with Crippen LogP contribution in [0.15, 0.2) is 36.5 Å². The first-order valence-electron chi connectivity index (χ1n) is 26.4. The van der Waals surface area contributed by atoms with Gasteiger partial charge in [0.25, 0.3) is 0 Å². The summed E-state index contributed by atoms with van der Waals surface area (Å²) in [5, 5.41) is 13.8. The maximum Gasteiger partial charge on any atom is 0.472 e. The first-order chi connectivity index (χ1) is 30.0. The Balaban J connectivity index is 4.22. The van der Waals surface area contributed by atoms with Crippen molar-refractivity contribution < 1.29 is 32.9 Å². The van der Waals surface area contributed by atoms with Gasteiger partial charge in [0.2, 0.25) is 5.91 Å². The number of carbonyl (C=O) groups is 1. The highest BCUT2D eigenvalue weighted by molar-refractivity contribution is 7.47. The first-order valence-corrected chi connectivity index (χ1v) is 27.9. The summed E-state index contributed by atoms with van der Waals surface area (Å²) in [6.45, 7) is 4.79. The van der Waals surface area contributed by atoms with E-state index in [0.29, 0.717) is 17.4 Å². The van der Waals surface area contributed by atoms with Crippen molar-refractivity contribution in [3.63, 3.8) is 0 Å². The van der Waals surface area contributed by atoms with Crippen molar-refractivity contribution in [2.24, 2.45) is 0 Å². The topological polar surface area (TPSA) is 105 Å². The summed E-state index contributed by atoms with van der Waals surface area (Å²) in [6.07, 6.45) is 56.7. The van der Waals surface area contributed by atoms with Crippen LogP contribution in [0.3, 0.4) is 0 Å². The quantitative estimate of drug-likeness (QED) is 0.0243. The van der Waals surface area contributed by atoms with Crippen LogP contribution in [0.1, 0.15) is 245 Å². The van der Waals surface area contributed by atoms with Gasteiger partial charge < -0.3 is 19.8 Å². The number of likely N-dealkylation sites (N-methyl/N-ethyl adjacent to an activating group) is 1. The molecule has 0 saturated heterocycles. The van der Waals surface area contributed by atoms with Crippen LogP contribution in [0.25, 0.3) is 0 Å². The second kappa shape index (κ2) is 44.9. The van der Waals surface area contributed by atoms with Gasteiger partial charge in [-0.2, -0.15) is 0 Å². The van der Waals surface area contributed by atoms with E-state index in [-0.39, 0.29) is 19.1 Å². The molecule has 0 rings (SSSR count). The minimum atomic E-state index is -4.35. The van der Waals surface area contributed by atoms with E-state index in [2.05, 4.69) is 43.5 Å². The van der Waals surface area contributed by atoms with Crippen LogP contribution in [0, 0.1) is 0 Å². The zero-order chi connectivity index (χ0) is 45.7. The Bertz CT molecular complexity index is 1110. The summed E-state index contributed by atoms with van der Waals surface area (Å²) in [4.78, 5) is 23.2. The first kappa shape index (κ1) is 60.7. The number of quaternary nitrogens is 1. The molecule has 3 atom stereocenters. The van der Waals surface area contributed by atoms with Gasteiger partial charge in [-0.05, 0) is 44.9 Å². The van der Waals surface area contributed by atoms with Gasteiger partial charge >= 0.3 is 7.82 Å². The monoisotopic (exact) mass is 896 g/mol. The highest BCUT2D eigenvalue weighted by atomic mass is 31.2. The normalized spacial score (nSPS) is 14.4. The molecule has 0 aliphatic heterocycles. The molecule has 0 bridgehead atoms. The fourth-order valence-corrected chi connectivity index (χ4v) is 8.40. The molecule has 62 heavy (non-hydrogen) atoms. The maximum absolute atomic E-state index is 12.9. The molecule has 0 aliphatic carbocycles. The fraction of sp³-hybridized carbons (Fsp3) is 0.868. The van der Waals surface area contributed by atoms with Crippen molar-refractivity contribution in [3.05, 3.63) is 36.5 Å². The second-order valence-corrected chi connectivity index (χ2v) is 20.7. The minimum Gasteiger partial charge on any atom is -0.387 e. The molecule has 3 unspecified atom stereocenters. The molecule has 0 fully saturated rings. The van der Waals surface area contributed by atoms with Gasteiger partial charge in [0.1, 0.15) is 13.2 Å². The number of phosphoric ester groups is 1. The Hall–Kier alpha value is -1.28. The number of allylic oxidation sites excluding steroid dienone is 5. The molecule has 366 valence electrons. The summed E-state index contributed by atoms with van der Waals surface area (Å²) in [7, 11) is 1.55. The van der Waals surface area contributed by atoms with E-state index in [9.17, 15) is 19.4 Å². The number of rotatable bonds is 48. The summed E-state index contributed by atoms with van der Waals surface area (Å²) in [6, 6.07) is -0.866. The highest BCUT2D eigenvalue weighted by Crippen LogP contribution is 2.43. The summed E-state index contributed by atoms with van der Waals surface area (Å²) in [5.74, 6) is -0.188. The molecule has 0 aliphatic rings. The van der Waals surface area contributed by atoms with E-state index in [1.165, 1.54) is 180 Å². The lowest BCUT2D eigenvalue weighted by Crippen LogP contribution is -2.45. The lowest BCUT2D eigenvalue weighted by molar-refractivity contribution is -0.870. The number of carbonyl (C=O) groups excluding carboxylic acids is 1. The molecule has 1 amide bonds. The van der Waals surface area contributed by atoms with Gasteiger partial charge in [0.15, 0.2) is 0 Å². The van der Waals surface area contributed by atoms with Crippen molar-refractivity contribution >= 4 is 13.7 Å². The molecule has 8 nitrogen and oxygen atoms in total. The van der Waals surface area contributed by atoms with Gasteiger partial charge in [-0.3, -0.25) is 13.8 Å². The number of hydrogen-bond donors (Lipinski definition) is 3. The van der Waals surface area contributed by atoms with Gasteiger partial charge in [0.05, 0.1) is 39.9 Å². The average Bonchev–Trinajstić information content (AvgIpc) is 3.23. The molecule has 0 radical (unpaired) electrons. The second-order valence-electron chi connectivity index (χ2n) is 19.2. The largest absolute Gasteiger partial charge is 0.472 e. The van der Waals surface area contributed by atoms with E-state index >= 15 is 0 Å². The standard InChI is InChI=1S/C53H103N2O6P/c1-6-8-10-12-14-16-18-20-22-23-24-25-26-27-28-29-30-31-33-35-37-39-41-43-45-47-53(57)54-51(50-61-62(58,59)60-49-48-55(3,4)5)52(56)46-44-42-40-38-36-34-32-21-19-17-15-13-11-9-7-2/h19,21,36,38,44,46,51-52,56H,6-18,20,22-35,37,39-43,45,47-50H2,1-5H3,(H-,54,57,58,59)/p+1/b21-19+,38-36+,46-44+. The van der Waals surface area contributed by atoms with Gasteiger partial charge in [0, 0.05) is 6.42 Å². The number of aliphatic hydroxyl groups is 1. The third-order valence-corrected chi connectivity index (χ3v) is 12.8. The Labute approximate surface area is 385 Å². The van der Waals surface area contributed by atoms with Crippen LogP contribution in [0.4, 0.5) is 0 Å². The van der Waals surface area contributed by atoms with Crippen molar-refractivity contribution in [1.82, 2.24) is 5.32 Å². The Morgan fingerprint density at radius 2 is 0.887 bits per heavy atom. The third-order valence-electron chi connectivity index (χ3n) is 11.8. The SMILES string of the molecule is CCCCCCC/C=C/CC/C=C/CC/C=C/C(O)C(COP(=O)(O)OCC[N+](C)(C)C)NC(=O)CCCCCCCCCCCCCCCCCCCCCCCCCCC. The smallest absolute Gasteiger partial charge is 0.387 e. The predicted octanol–water partition coefficient (Wildman–Crippen LogP) is 15.4. The van der Waals surface area contributed by atoms with E-state index < -0.39 is 20.0 Å². The van der Waals surface area contributed by atoms with Crippen LogP contribution >= 0.6 is 7.82 Å². The van der Waals surface area contributed by atoms with E-state index in [1.807, 2.05) is 27.2 Å². The number of nitrogens with zero attached hydrogens (tertiary/aromatic N) is 1. The Morgan fingerprint density at radius 1 is 0.532 bits per heavy atom. The molecule has 0 spiro atoms. The van der Waals surface area contributed by atoms with Crippen molar-refractivity contribution in [1.29, 1.82) is 0 Å². The molecule has 0 aromatic carbocycles. The number of nitrogens with one attached hydrogen (secondary N) is 1. The number of phosphoric acid groups is 1. The van der Waals surface area contributed by atoms with Crippen LogP contribution in [-0.4, -0.2) is 73.4 Å². The molecule has 9 heteroatoms. The zero-order valence-corrected chi connectivity index (χ0v) is 42.5. The number of amides is 1. The lowest BCUT2D eigenvalue weighted by atomic mass is 10.0. The molecular formula is C53H104N2O6P+. The Kier molecular flexibility index (Phi) is 44.0. The van der Waals surface area contributed by atoms with Crippen LogP contribution in [-0.2, 0) is 18.4 Å². The maximum atomic E-state index is 12.9. The summed E-state index contributed by atoms with van der Waals surface area (Å²) in [5.41, 5.74) is 0. The molecular weight excluding hydrogens is 792 g/mol. The van der Waals surface area contributed by atoms with Gasteiger partial charge in [-0.25, -0.2) is 4.57 Å². The lowest BCUT2D eigenvalue weighted by Gasteiger charge is -2.25. The molecule has 3 N–H and O–H groups in total. The van der Waals surface area contributed by atoms with Crippen molar-refractivity contribution in [2.45, 2.75) is 257 Å². The molecule has 0 heterocycles. The molecule has 0 aromatic heterocycles. The predicted molar refractivity (Wildman–Crippen MR) is 268 cm³/mol.